The Morgan fingerprint density at radius 3 is 2.33 bits per heavy atom. The second-order valence-electron chi connectivity index (χ2n) is 5.70. The third kappa shape index (κ3) is 3.67. The molecule has 24 heavy (non-hydrogen) atoms. The molecule has 2 aromatic rings. The predicted molar refractivity (Wildman–Crippen MR) is 91.0 cm³/mol. The molecule has 1 aromatic heterocycles. The average molecular weight is 333 g/mol. The summed E-state index contributed by atoms with van der Waals surface area (Å²) in [6.07, 6.45) is 1.94. The molecule has 0 bridgehead atoms. The van der Waals surface area contributed by atoms with Crippen LogP contribution in [-0.4, -0.2) is 32.2 Å². The van der Waals surface area contributed by atoms with E-state index in [-0.39, 0.29) is 12.2 Å². The van der Waals surface area contributed by atoms with Crippen molar-refractivity contribution < 1.29 is 14.7 Å². The molecule has 0 aliphatic carbocycles. The smallest absolute Gasteiger partial charge is 0.329 e. The number of hydrogen-bond acceptors (Lipinski definition) is 3. The number of para-hydroxylation sites is 2. The number of amides is 1. The maximum atomic E-state index is 12.5. The fourth-order valence-corrected chi connectivity index (χ4v) is 2.78. The van der Waals surface area contributed by atoms with Crippen LogP contribution in [0.1, 0.15) is 33.1 Å². The van der Waals surface area contributed by atoms with E-state index >= 15 is 0 Å². The van der Waals surface area contributed by atoms with Crippen molar-refractivity contribution in [1.82, 2.24) is 14.5 Å². The summed E-state index contributed by atoms with van der Waals surface area (Å²) in [6.45, 7) is 4.13. The molecule has 0 fully saturated rings. The normalized spacial score (nSPS) is 12.2. The molecule has 1 aromatic carbocycles. The zero-order chi connectivity index (χ0) is 17.7. The van der Waals surface area contributed by atoms with Crippen molar-refractivity contribution in [2.45, 2.75) is 52.2 Å². The number of fused-ring (bicyclic) bond motifs is 1. The Kier molecular flexibility index (Phi) is 5.78. The Labute approximate surface area is 139 Å². The number of aliphatic carboxylic acids is 1. The number of carbonyl (C=O) groups is 2. The Balaban J connectivity index is 2.23. The molecule has 0 spiro atoms. The average Bonchev–Trinajstić information content (AvgIpc) is 2.83. The van der Waals surface area contributed by atoms with E-state index in [1.807, 2.05) is 26.0 Å². The van der Waals surface area contributed by atoms with Gasteiger partial charge in [0.2, 0.25) is 5.91 Å². The number of carboxylic acid groups (broad SMARTS) is 1. The number of carboxylic acids is 1. The number of unbranched alkanes of at least 4 members (excludes halogenated alkanes) is 1. The van der Waals surface area contributed by atoms with Crippen LogP contribution in [0.5, 0.6) is 0 Å². The van der Waals surface area contributed by atoms with Gasteiger partial charge in [-0.2, -0.15) is 0 Å². The first kappa shape index (κ1) is 17.8. The van der Waals surface area contributed by atoms with E-state index in [0.717, 1.165) is 11.9 Å². The lowest BCUT2D eigenvalue weighted by molar-refractivity contribution is -0.142. The molecule has 7 heteroatoms. The minimum Gasteiger partial charge on any atom is -0.480 e. The largest absolute Gasteiger partial charge is 0.480 e. The Bertz CT molecular complexity index is 791. The maximum absolute atomic E-state index is 12.5. The van der Waals surface area contributed by atoms with E-state index in [2.05, 4.69) is 5.32 Å². The summed E-state index contributed by atoms with van der Waals surface area (Å²) in [5.41, 5.74) is 1.16. The quantitative estimate of drug-likeness (QED) is 0.767. The highest BCUT2D eigenvalue weighted by Gasteiger charge is 2.21. The van der Waals surface area contributed by atoms with Gasteiger partial charge in [-0.3, -0.25) is 13.9 Å². The molecule has 0 saturated heterocycles. The van der Waals surface area contributed by atoms with Crippen LogP contribution in [0.25, 0.3) is 11.0 Å². The van der Waals surface area contributed by atoms with Crippen molar-refractivity contribution in [2.24, 2.45) is 0 Å². The second kappa shape index (κ2) is 7.81. The van der Waals surface area contributed by atoms with Crippen LogP contribution in [0, 0.1) is 0 Å². The minimum atomic E-state index is -1.06. The summed E-state index contributed by atoms with van der Waals surface area (Å²) in [6, 6.07) is 6.33. The van der Waals surface area contributed by atoms with Crippen LogP contribution >= 0.6 is 0 Å². The van der Waals surface area contributed by atoms with E-state index in [0.29, 0.717) is 24.9 Å². The molecule has 1 amide bonds. The number of imidazole rings is 1. The summed E-state index contributed by atoms with van der Waals surface area (Å²) in [4.78, 5) is 36.0. The van der Waals surface area contributed by atoms with E-state index in [4.69, 9.17) is 0 Å². The minimum absolute atomic E-state index is 0.192. The van der Waals surface area contributed by atoms with Gasteiger partial charge in [-0.15, -0.1) is 0 Å². The van der Waals surface area contributed by atoms with Gasteiger partial charge in [-0.05, 0) is 25.5 Å². The van der Waals surface area contributed by atoms with Gasteiger partial charge in [-0.1, -0.05) is 31.9 Å². The number of nitrogens with zero attached hydrogens (tertiary/aromatic N) is 2. The predicted octanol–water partition coefficient (Wildman–Crippen LogP) is 1.58. The molecular formula is C17H23N3O4. The second-order valence-corrected chi connectivity index (χ2v) is 5.70. The highest BCUT2D eigenvalue weighted by molar-refractivity contribution is 5.85. The molecule has 2 N–H and O–H groups in total. The van der Waals surface area contributed by atoms with Crippen molar-refractivity contribution in [3.05, 3.63) is 34.7 Å². The van der Waals surface area contributed by atoms with E-state index in [9.17, 15) is 19.5 Å². The summed E-state index contributed by atoms with van der Waals surface area (Å²) in [5.74, 6) is -1.53. The number of aromatic nitrogens is 2. The van der Waals surface area contributed by atoms with E-state index in [1.165, 1.54) is 4.57 Å². The zero-order valence-corrected chi connectivity index (χ0v) is 14.0. The van der Waals surface area contributed by atoms with Crippen molar-refractivity contribution >= 4 is 22.9 Å². The standard InChI is InChI=1S/C17H23N3O4/c1-3-5-8-12(16(22)23)18-15(21)11-20-14-10-7-6-9-13(14)19(4-2)17(20)24/h6-7,9-10,12H,3-5,8,11H2,1-2H3,(H,18,21)(H,22,23)/t12-/m0/s1. The molecule has 0 saturated carbocycles. The molecule has 0 aliphatic heterocycles. The van der Waals surface area contributed by atoms with Gasteiger partial charge in [-0.25, -0.2) is 9.59 Å². The Morgan fingerprint density at radius 1 is 1.17 bits per heavy atom. The van der Waals surface area contributed by atoms with Crippen LogP contribution in [0.4, 0.5) is 0 Å². The summed E-state index contributed by atoms with van der Waals surface area (Å²) >= 11 is 0. The number of hydrogen-bond donors (Lipinski definition) is 2. The molecule has 0 radical (unpaired) electrons. The molecular weight excluding hydrogens is 310 g/mol. The topological polar surface area (TPSA) is 93.3 Å². The number of carbonyl (C=O) groups excluding carboxylic acids is 1. The summed E-state index contributed by atoms with van der Waals surface area (Å²) in [5, 5.41) is 11.7. The lowest BCUT2D eigenvalue weighted by atomic mass is 10.1. The van der Waals surface area contributed by atoms with Crippen LogP contribution in [0.2, 0.25) is 0 Å². The monoisotopic (exact) mass is 333 g/mol. The maximum Gasteiger partial charge on any atom is 0.329 e. The molecule has 2 rings (SSSR count). The lowest BCUT2D eigenvalue weighted by Gasteiger charge is -2.14. The Morgan fingerprint density at radius 2 is 1.79 bits per heavy atom. The third-order valence-corrected chi connectivity index (χ3v) is 4.02. The fourth-order valence-electron chi connectivity index (χ4n) is 2.78. The van der Waals surface area contributed by atoms with Crippen molar-refractivity contribution in [2.75, 3.05) is 0 Å². The molecule has 0 unspecified atom stereocenters. The van der Waals surface area contributed by atoms with Gasteiger partial charge >= 0.3 is 11.7 Å². The summed E-state index contributed by atoms with van der Waals surface area (Å²) in [7, 11) is 0. The van der Waals surface area contributed by atoms with E-state index < -0.39 is 17.9 Å². The zero-order valence-electron chi connectivity index (χ0n) is 14.0. The molecule has 0 aliphatic rings. The van der Waals surface area contributed by atoms with Crippen molar-refractivity contribution in [3.8, 4) is 0 Å². The highest BCUT2D eigenvalue weighted by atomic mass is 16.4. The van der Waals surface area contributed by atoms with Gasteiger partial charge in [0.05, 0.1) is 11.0 Å². The lowest BCUT2D eigenvalue weighted by Crippen LogP contribution is -2.43. The highest BCUT2D eigenvalue weighted by Crippen LogP contribution is 2.12. The molecule has 130 valence electrons. The number of benzene rings is 1. The van der Waals surface area contributed by atoms with Crippen LogP contribution in [0.3, 0.4) is 0 Å². The van der Waals surface area contributed by atoms with Crippen molar-refractivity contribution in [3.63, 3.8) is 0 Å². The van der Waals surface area contributed by atoms with Gasteiger partial charge < -0.3 is 10.4 Å². The van der Waals surface area contributed by atoms with Crippen LogP contribution < -0.4 is 11.0 Å². The third-order valence-electron chi connectivity index (χ3n) is 4.02. The van der Waals surface area contributed by atoms with Gasteiger partial charge in [0, 0.05) is 6.54 Å². The van der Waals surface area contributed by atoms with Crippen LogP contribution in [-0.2, 0) is 22.7 Å². The fraction of sp³-hybridized carbons (Fsp3) is 0.471. The van der Waals surface area contributed by atoms with Gasteiger partial charge in [0.15, 0.2) is 0 Å². The first-order valence-electron chi connectivity index (χ1n) is 8.19. The van der Waals surface area contributed by atoms with Crippen LogP contribution in [0.15, 0.2) is 29.1 Å². The van der Waals surface area contributed by atoms with Crippen molar-refractivity contribution in [1.29, 1.82) is 0 Å². The molecule has 1 heterocycles. The summed E-state index contributed by atoms with van der Waals surface area (Å²) < 4.78 is 2.97. The molecule has 7 nitrogen and oxygen atoms in total. The number of aryl methyl sites for hydroxylation is 1. The SMILES string of the molecule is CCCC[C@H](NC(=O)Cn1c(=O)n(CC)c2ccccc21)C(=O)O. The van der Waals surface area contributed by atoms with Gasteiger partial charge in [0.25, 0.3) is 0 Å². The first-order valence-corrected chi connectivity index (χ1v) is 8.19. The number of rotatable bonds is 8. The molecule has 1 atom stereocenters. The van der Waals surface area contributed by atoms with E-state index in [1.54, 1.807) is 16.7 Å². The first-order chi connectivity index (χ1) is 11.5. The Hall–Kier alpha value is -2.57. The van der Waals surface area contributed by atoms with Gasteiger partial charge in [0.1, 0.15) is 12.6 Å². The number of nitrogens with one attached hydrogen (secondary N) is 1.